The highest BCUT2D eigenvalue weighted by atomic mass is 19.1. The van der Waals surface area contributed by atoms with Crippen LogP contribution < -0.4 is 11.1 Å². The van der Waals surface area contributed by atoms with Crippen LogP contribution in [0.4, 0.5) is 10.1 Å². The number of amides is 1. The van der Waals surface area contributed by atoms with Crippen molar-refractivity contribution in [2.75, 3.05) is 25.4 Å². The summed E-state index contributed by atoms with van der Waals surface area (Å²) in [5.74, 6) is -0.754. The number of rotatable bonds is 4. The van der Waals surface area contributed by atoms with E-state index in [-0.39, 0.29) is 11.5 Å². The molecule has 1 aromatic carbocycles. The van der Waals surface area contributed by atoms with Gasteiger partial charge in [0.15, 0.2) is 0 Å². The molecular formula is C14H20FN3O. The topological polar surface area (TPSA) is 58.4 Å². The number of carbonyl (C=O) groups excluding carboxylic acids is 1. The summed E-state index contributed by atoms with van der Waals surface area (Å²) in [6.45, 7) is 4.77. The van der Waals surface area contributed by atoms with Gasteiger partial charge in [0.2, 0.25) is 0 Å². The summed E-state index contributed by atoms with van der Waals surface area (Å²) in [7, 11) is 0. The van der Waals surface area contributed by atoms with Gasteiger partial charge in [-0.15, -0.1) is 0 Å². The summed E-state index contributed by atoms with van der Waals surface area (Å²) in [5, 5.41) is 2.85. The number of benzene rings is 1. The Kier molecular flexibility index (Phi) is 4.37. The lowest BCUT2D eigenvalue weighted by molar-refractivity contribution is 0.0942. The van der Waals surface area contributed by atoms with Gasteiger partial charge < -0.3 is 11.1 Å². The second kappa shape index (κ2) is 6.02. The zero-order valence-electron chi connectivity index (χ0n) is 11.2. The predicted molar refractivity (Wildman–Crippen MR) is 73.4 cm³/mol. The van der Waals surface area contributed by atoms with Crippen molar-refractivity contribution in [3.8, 4) is 0 Å². The fraction of sp³-hybridized carbons (Fsp3) is 0.500. The van der Waals surface area contributed by atoms with Gasteiger partial charge in [-0.25, -0.2) is 4.39 Å². The maximum Gasteiger partial charge on any atom is 0.253 e. The van der Waals surface area contributed by atoms with Crippen molar-refractivity contribution in [2.24, 2.45) is 0 Å². The standard InChI is InChI=1S/C14H20FN3O/c1-2-18-7-3-4-11(18)9-17-14(19)12-8-10(15)5-6-13(12)16/h5-6,8,11H,2-4,7,9,16H2,1H3,(H,17,19). The molecule has 0 aliphatic carbocycles. The van der Waals surface area contributed by atoms with E-state index in [1.165, 1.54) is 18.2 Å². The maximum absolute atomic E-state index is 13.1. The number of hydrogen-bond acceptors (Lipinski definition) is 3. The molecule has 1 aromatic rings. The molecule has 4 nitrogen and oxygen atoms in total. The zero-order chi connectivity index (χ0) is 13.8. The first-order chi connectivity index (χ1) is 9.11. The van der Waals surface area contributed by atoms with Crippen molar-refractivity contribution in [3.05, 3.63) is 29.6 Å². The molecule has 1 heterocycles. The fourth-order valence-electron chi connectivity index (χ4n) is 2.57. The SMILES string of the molecule is CCN1CCCC1CNC(=O)c1cc(F)ccc1N. The Labute approximate surface area is 112 Å². The summed E-state index contributed by atoms with van der Waals surface area (Å²) < 4.78 is 13.1. The number of likely N-dealkylation sites (N-methyl/N-ethyl adjacent to an activating group) is 1. The summed E-state index contributed by atoms with van der Waals surface area (Å²) in [6.07, 6.45) is 2.25. The van der Waals surface area contributed by atoms with Gasteiger partial charge in [-0.3, -0.25) is 9.69 Å². The normalized spacial score (nSPS) is 19.6. The molecule has 0 aromatic heterocycles. The van der Waals surface area contributed by atoms with Crippen LogP contribution >= 0.6 is 0 Å². The Morgan fingerprint density at radius 1 is 1.58 bits per heavy atom. The Hall–Kier alpha value is -1.62. The van der Waals surface area contributed by atoms with E-state index >= 15 is 0 Å². The summed E-state index contributed by atoms with van der Waals surface area (Å²) >= 11 is 0. The molecule has 1 aliphatic rings. The summed E-state index contributed by atoms with van der Waals surface area (Å²) in [6, 6.07) is 4.22. The van der Waals surface area contributed by atoms with Gasteiger partial charge >= 0.3 is 0 Å². The van der Waals surface area contributed by atoms with E-state index < -0.39 is 5.82 Å². The molecule has 1 saturated heterocycles. The first-order valence-corrected chi connectivity index (χ1v) is 6.69. The van der Waals surface area contributed by atoms with Crippen LogP contribution in [-0.2, 0) is 0 Å². The van der Waals surface area contributed by atoms with E-state index in [2.05, 4.69) is 17.1 Å². The van der Waals surface area contributed by atoms with Crippen molar-refractivity contribution in [3.63, 3.8) is 0 Å². The van der Waals surface area contributed by atoms with Gasteiger partial charge in [0.25, 0.3) is 5.91 Å². The maximum atomic E-state index is 13.1. The number of likely N-dealkylation sites (tertiary alicyclic amines) is 1. The third-order valence-electron chi connectivity index (χ3n) is 3.66. The van der Waals surface area contributed by atoms with E-state index in [1.54, 1.807) is 0 Å². The van der Waals surface area contributed by atoms with Gasteiger partial charge in [0, 0.05) is 18.3 Å². The van der Waals surface area contributed by atoms with Crippen molar-refractivity contribution in [1.29, 1.82) is 0 Å². The van der Waals surface area contributed by atoms with Crippen molar-refractivity contribution < 1.29 is 9.18 Å². The highest BCUT2D eigenvalue weighted by molar-refractivity contribution is 5.99. The molecule has 0 saturated carbocycles. The van der Waals surface area contributed by atoms with Crippen molar-refractivity contribution in [1.82, 2.24) is 10.2 Å². The Morgan fingerprint density at radius 2 is 2.37 bits per heavy atom. The van der Waals surface area contributed by atoms with Crippen molar-refractivity contribution in [2.45, 2.75) is 25.8 Å². The minimum Gasteiger partial charge on any atom is -0.398 e. The molecule has 1 fully saturated rings. The van der Waals surface area contributed by atoms with Crippen LogP contribution in [-0.4, -0.2) is 36.5 Å². The minimum atomic E-state index is -0.449. The van der Waals surface area contributed by atoms with Gasteiger partial charge in [-0.2, -0.15) is 0 Å². The molecular weight excluding hydrogens is 245 g/mol. The predicted octanol–water partition coefficient (Wildman–Crippen LogP) is 1.62. The molecule has 0 radical (unpaired) electrons. The van der Waals surface area contributed by atoms with Crippen molar-refractivity contribution >= 4 is 11.6 Å². The number of hydrogen-bond donors (Lipinski definition) is 2. The second-order valence-corrected chi connectivity index (χ2v) is 4.87. The van der Waals surface area contributed by atoms with E-state index in [9.17, 15) is 9.18 Å². The number of anilines is 1. The monoisotopic (exact) mass is 265 g/mol. The molecule has 104 valence electrons. The largest absolute Gasteiger partial charge is 0.398 e. The molecule has 5 heteroatoms. The lowest BCUT2D eigenvalue weighted by Gasteiger charge is -2.23. The molecule has 1 unspecified atom stereocenters. The van der Waals surface area contributed by atoms with E-state index in [4.69, 9.17) is 5.73 Å². The first-order valence-electron chi connectivity index (χ1n) is 6.69. The number of carbonyl (C=O) groups is 1. The minimum absolute atomic E-state index is 0.209. The Balaban J connectivity index is 1.96. The second-order valence-electron chi connectivity index (χ2n) is 4.87. The average Bonchev–Trinajstić information content (AvgIpc) is 2.86. The van der Waals surface area contributed by atoms with Crippen LogP contribution in [0.3, 0.4) is 0 Å². The molecule has 3 N–H and O–H groups in total. The van der Waals surface area contributed by atoms with Crippen LogP contribution in [0.15, 0.2) is 18.2 Å². The average molecular weight is 265 g/mol. The zero-order valence-corrected chi connectivity index (χ0v) is 11.2. The number of halogens is 1. The van der Waals surface area contributed by atoms with Gasteiger partial charge in [0.05, 0.1) is 5.56 Å². The van der Waals surface area contributed by atoms with Gasteiger partial charge in [-0.05, 0) is 44.1 Å². The highest BCUT2D eigenvalue weighted by Crippen LogP contribution is 2.17. The van der Waals surface area contributed by atoms with Crippen LogP contribution in [0.5, 0.6) is 0 Å². The van der Waals surface area contributed by atoms with Crippen LogP contribution in [0.1, 0.15) is 30.1 Å². The Morgan fingerprint density at radius 3 is 3.11 bits per heavy atom. The van der Waals surface area contributed by atoms with E-state index in [0.717, 1.165) is 25.9 Å². The number of nitrogen functional groups attached to an aromatic ring is 1. The molecule has 0 bridgehead atoms. The molecule has 1 amide bonds. The lowest BCUT2D eigenvalue weighted by atomic mass is 10.1. The molecule has 2 rings (SSSR count). The molecule has 0 spiro atoms. The van der Waals surface area contributed by atoms with Gasteiger partial charge in [0.1, 0.15) is 5.82 Å². The van der Waals surface area contributed by atoms with E-state index in [1.807, 2.05) is 0 Å². The summed E-state index contributed by atoms with van der Waals surface area (Å²) in [4.78, 5) is 14.3. The third-order valence-corrected chi connectivity index (χ3v) is 3.66. The smallest absolute Gasteiger partial charge is 0.253 e. The van der Waals surface area contributed by atoms with E-state index in [0.29, 0.717) is 18.3 Å². The highest BCUT2D eigenvalue weighted by Gasteiger charge is 2.23. The first kappa shape index (κ1) is 13.8. The molecule has 19 heavy (non-hydrogen) atoms. The van der Waals surface area contributed by atoms with Crippen LogP contribution in [0, 0.1) is 5.82 Å². The molecule has 1 atom stereocenters. The number of nitrogens with zero attached hydrogens (tertiary/aromatic N) is 1. The Bertz CT molecular complexity index is 464. The number of nitrogens with two attached hydrogens (primary N) is 1. The fourth-order valence-corrected chi connectivity index (χ4v) is 2.57. The summed E-state index contributed by atoms with van der Waals surface area (Å²) in [5.41, 5.74) is 6.20. The third kappa shape index (κ3) is 3.23. The molecule has 1 aliphatic heterocycles. The number of nitrogens with one attached hydrogen (secondary N) is 1. The lowest BCUT2D eigenvalue weighted by Crippen LogP contribution is -2.40. The quantitative estimate of drug-likeness (QED) is 0.813. The van der Waals surface area contributed by atoms with Crippen LogP contribution in [0.25, 0.3) is 0 Å². The van der Waals surface area contributed by atoms with Gasteiger partial charge in [-0.1, -0.05) is 6.92 Å². The van der Waals surface area contributed by atoms with Crippen LogP contribution in [0.2, 0.25) is 0 Å².